The minimum absolute atomic E-state index is 0.191. The number of halogens is 3. The van der Waals surface area contributed by atoms with E-state index in [1.807, 2.05) is 30.8 Å². The van der Waals surface area contributed by atoms with E-state index in [-0.39, 0.29) is 4.88 Å². The van der Waals surface area contributed by atoms with Crippen molar-refractivity contribution in [1.82, 2.24) is 24.5 Å². The highest BCUT2D eigenvalue weighted by Gasteiger charge is 2.28. The van der Waals surface area contributed by atoms with Crippen molar-refractivity contribution in [2.45, 2.75) is 6.18 Å². The quantitative estimate of drug-likeness (QED) is 0.419. The molecule has 5 rings (SSSR count). The van der Waals surface area contributed by atoms with E-state index in [2.05, 4.69) is 32.8 Å². The summed E-state index contributed by atoms with van der Waals surface area (Å²) in [5.74, 6) is -0.763. The number of amides is 1. The summed E-state index contributed by atoms with van der Waals surface area (Å²) in [4.78, 5) is 16.7. The van der Waals surface area contributed by atoms with E-state index in [4.69, 9.17) is 0 Å². The number of rotatable bonds is 4. The Morgan fingerprint density at radius 2 is 1.97 bits per heavy atom. The Kier molecular flexibility index (Phi) is 4.74. The van der Waals surface area contributed by atoms with Gasteiger partial charge in [-0.25, -0.2) is 9.50 Å². The van der Waals surface area contributed by atoms with Crippen LogP contribution in [-0.2, 0) is 7.05 Å². The molecular formula is C22H16F3N5OS. The summed E-state index contributed by atoms with van der Waals surface area (Å²) in [5, 5.41) is 9.12. The lowest BCUT2D eigenvalue weighted by atomic mass is 10.1. The molecule has 4 aromatic heterocycles. The second-order valence-electron chi connectivity index (χ2n) is 7.37. The highest BCUT2D eigenvalue weighted by atomic mass is 32.1. The summed E-state index contributed by atoms with van der Waals surface area (Å²) in [6.45, 7) is -1.37. The van der Waals surface area contributed by atoms with Gasteiger partial charge < -0.3 is 9.88 Å². The molecule has 162 valence electrons. The number of hydrogen-bond donors (Lipinski definition) is 1. The monoisotopic (exact) mass is 455 g/mol. The highest BCUT2D eigenvalue weighted by molar-refractivity contribution is 7.12. The van der Waals surface area contributed by atoms with Crippen LogP contribution in [0.1, 0.15) is 9.67 Å². The number of nitrogens with one attached hydrogen (secondary N) is 1. The summed E-state index contributed by atoms with van der Waals surface area (Å²) < 4.78 is 40.7. The average Bonchev–Trinajstić information content (AvgIpc) is 3.49. The van der Waals surface area contributed by atoms with E-state index >= 15 is 0 Å². The van der Waals surface area contributed by atoms with Crippen LogP contribution in [0.3, 0.4) is 0 Å². The van der Waals surface area contributed by atoms with Gasteiger partial charge in [0, 0.05) is 42.3 Å². The lowest BCUT2D eigenvalue weighted by Gasteiger charge is -2.06. The van der Waals surface area contributed by atoms with Gasteiger partial charge in [0.2, 0.25) is 0 Å². The summed E-state index contributed by atoms with van der Waals surface area (Å²) in [6.07, 6.45) is 2.82. The third kappa shape index (κ3) is 3.73. The second kappa shape index (κ2) is 7.49. The molecule has 0 aliphatic carbocycles. The SMILES string of the molecule is Cn1ccc2ccc(-c3cnc4c(-c5csc(C(=O)NCC(F)(F)F)c5)cnn4c3)cc21. The van der Waals surface area contributed by atoms with Crippen LogP contribution >= 0.6 is 11.3 Å². The zero-order valence-electron chi connectivity index (χ0n) is 16.7. The first-order valence-corrected chi connectivity index (χ1v) is 10.5. The molecule has 0 saturated heterocycles. The third-order valence-corrected chi connectivity index (χ3v) is 6.09. The molecule has 1 N–H and O–H groups in total. The molecule has 6 nitrogen and oxygen atoms in total. The van der Waals surface area contributed by atoms with Crippen molar-refractivity contribution in [2.75, 3.05) is 6.54 Å². The van der Waals surface area contributed by atoms with E-state index < -0.39 is 18.6 Å². The summed E-state index contributed by atoms with van der Waals surface area (Å²) in [6, 6.07) is 9.78. The Hall–Kier alpha value is -3.66. The molecule has 1 amide bonds. The first-order chi connectivity index (χ1) is 15.3. The standard InChI is InChI=1S/C22H16F3N5OS/c1-29-5-4-13-2-3-14(6-18(13)29)16-8-26-20-17(9-28-30(20)10-16)15-7-19(32-11-15)21(31)27-12-22(23,24)25/h2-11H,12H2,1H3,(H,27,31). The molecule has 0 spiro atoms. The molecule has 0 bridgehead atoms. The smallest absolute Gasteiger partial charge is 0.351 e. The summed E-state index contributed by atoms with van der Waals surface area (Å²) in [7, 11) is 1.99. The summed E-state index contributed by atoms with van der Waals surface area (Å²) >= 11 is 1.07. The number of aryl methyl sites for hydroxylation is 1. The molecule has 1 aromatic carbocycles. The second-order valence-corrected chi connectivity index (χ2v) is 8.28. The van der Waals surface area contributed by atoms with Crippen LogP contribution < -0.4 is 5.32 Å². The number of carbonyl (C=O) groups excluding carboxylic acids is 1. The van der Waals surface area contributed by atoms with Crippen LogP contribution in [0.2, 0.25) is 0 Å². The number of thiophene rings is 1. The molecule has 0 radical (unpaired) electrons. The molecule has 5 aromatic rings. The number of nitrogens with zero attached hydrogens (tertiary/aromatic N) is 4. The topological polar surface area (TPSA) is 64.2 Å². The molecule has 0 unspecified atom stereocenters. The minimum Gasteiger partial charge on any atom is -0.351 e. The van der Waals surface area contributed by atoms with E-state index in [9.17, 15) is 18.0 Å². The maximum absolute atomic E-state index is 12.3. The predicted octanol–water partition coefficient (Wildman–Crippen LogP) is 4.91. The van der Waals surface area contributed by atoms with Crippen molar-refractivity contribution in [2.24, 2.45) is 7.05 Å². The molecule has 0 aliphatic rings. The molecule has 0 aliphatic heterocycles. The van der Waals surface area contributed by atoms with Crippen LogP contribution in [0, 0.1) is 0 Å². The van der Waals surface area contributed by atoms with Crippen molar-refractivity contribution in [1.29, 1.82) is 0 Å². The Labute approximate surface area is 183 Å². The predicted molar refractivity (Wildman–Crippen MR) is 117 cm³/mol. The van der Waals surface area contributed by atoms with Crippen LogP contribution in [0.25, 0.3) is 38.8 Å². The van der Waals surface area contributed by atoms with E-state index in [1.165, 1.54) is 0 Å². The molecular weight excluding hydrogens is 439 g/mol. The Balaban J connectivity index is 1.44. The zero-order valence-corrected chi connectivity index (χ0v) is 17.5. The van der Waals surface area contributed by atoms with Gasteiger partial charge in [0.1, 0.15) is 6.54 Å². The number of hydrogen-bond acceptors (Lipinski definition) is 4. The molecule has 10 heteroatoms. The van der Waals surface area contributed by atoms with Gasteiger partial charge in [-0.2, -0.15) is 18.3 Å². The highest BCUT2D eigenvalue weighted by Crippen LogP contribution is 2.30. The first kappa shape index (κ1) is 20.3. The zero-order chi connectivity index (χ0) is 22.5. The fourth-order valence-electron chi connectivity index (χ4n) is 3.53. The van der Waals surface area contributed by atoms with Crippen LogP contribution in [-0.4, -0.2) is 37.8 Å². The fourth-order valence-corrected chi connectivity index (χ4v) is 4.36. The number of alkyl halides is 3. The fraction of sp³-hybridized carbons (Fsp3) is 0.136. The minimum atomic E-state index is -4.45. The number of carbonyl (C=O) groups is 1. The summed E-state index contributed by atoms with van der Waals surface area (Å²) in [5.41, 5.74) is 4.97. The maximum atomic E-state index is 12.3. The molecule has 4 heterocycles. The van der Waals surface area contributed by atoms with Crippen molar-refractivity contribution >= 4 is 33.8 Å². The van der Waals surface area contributed by atoms with Crippen LogP contribution in [0.15, 0.2) is 60.5 Å². The normalized spacial score (nSPS) is 12.0. The lowest BCUT2D eigenvalue weighted by Crippen LogP contribution is -2.33. The number of aromatic nitrogens is 4. The van der Waals surface area contributed by atoms with E-state index in [0.29, 0.717) is 16.8 Å². The Bertz CT molecular complexity index is 1460. The third-order valence-electron chi connectivity index (χ3n) is 5.16. The maximum Gasteiger partial charge on any atom is 0.405 e. The van der Waals surface area contributed by atoms with Crippen LogP contribution in [0.5, 0.6) is 0 Å². The number of fused-ring (bicyclic) bond motifs is 2. The number of benzene rings is 1. The lowest BCUT2D eigenvalue weighted by molar-refractivity contribution is -0.123. The van der Waals surface area contributed by atoms with Gasteiger partial charge >= 0.3 is 6.18 Å². The van der Waals surface area contributed by atoms with Crippen molar-refractivity contribution in [3.8, 4) is 22.3 Å². The first-order valence-electron chi connectivity index (χ1n) is 9.61. The molecule has 0 fully saturated rings. The van der Waals surface area contributed by atoms with Crippen molar-refractivity contribution in [3.63, 3.8) is 0 Å². The van der Waals surface area contributed by atoms with E-state index in [0.717, 1.165) is 33.4 Å². The van der Waals surface area contributed by atoms with Gasteiger partial charge in [-0.3, -0.25) is 4.79 Å². The van der Waals surface area contributed by atoms with Gasteiger partial charge in [-0.05, 0) is 40.1 Å². The van der Waals surface area contributed by atoms with Crippen molar-refractivity contribution in [3.05, 3.63) is 65.4 Å². The van der Waals surface area contributed by atoms with Crippen molar-refractivity contribution < 1.29 is 18.0 Å². The van der Waals surface area contributed by atoms with Gasteiger partial charge in [0.05, 0.1) is 11.1 Å². The van der Waals surface area contributed by atoms with Gasteiger partial charge in [-0.15, -0.1) is 11.3 Å². The average molecular weight is 455 g/mol. The van der Waals surface area contributed by atoms with Gasteiger partial charge in [-0.1, -0.05) is 12.1 Å². The van der Waals surface area contributed by atoms with Gasteiger partial charge in [0.25, 0.3) is 5.91 Å². The molecule has 0 saturated carbocycles. The molecule has 0 atom stereocenters. The van der Waals surface area contributed by atoms with E-state index in [1.54, 1.807) is 28.4 Å². The Morgan fingerprint density at radius 3 is 2.78 bits per heavy atom. The van der Waals surface area contributed by atoms with Gasteiger partial charge in [0.15, 0.2) is 5.65 Å². The largest absolute Gasteiger partial charge is 0.405 e. The van der Waals surface area contributed by atoms with Crippen LogP contribution in [0.4, 0.5) is 13.2 Å². The molecule has 32 heavy (non-hydrogen) atoms. The Morgan fingerprint density at radius 1 is 1.12 bits per heavy atom.